The van der Waals surface area contributed by atoms with Crippen LogP contribution in [0.5, 0.6) is 0 Å². The average molecular weight is 499 g/mol. The van der Waals surface area contributed by atoms with Gasteiger partial charge in [0.2, 0.25) is 5.95 Å². The van der Waals surface area contributed by atoms with E-state index in [9.17, 15) is 14.0 Å². The lowest BCUT2D eigenvalue weighted by Crippen LogP contribution is -2.48. The molecular formula is C25H31FN6O4. The van der Waals surface area contributed by atoms with E-state index in [-0.39, 0.29) is 31.2 Å². The number of nitrogens with one attached hydrogen (secondary N) is 1. The second kappa shape index (κ2) is 11.3. The van der Waals surface area contributed by atoms with Crippen molar-refractivity contribution in [3.63, 3.8) is 0 Å². The summed E-state index contributed by atoms with van der Waals surface area (Å²) in [4.78, 5) is 38.0. The number of piperazine rings is 1. The van der Waals surface area contributed by atoms with Crippen LogP contribution in [-0.2, 0) is 22.6 Å². The number of cyclic esters (lactones) is 1. The summed E-state index contributed by atoms with van der Waals surface area (Å²) in [5.41, 5.74) is 2.08. The molecule has 2 aromatic rings. The molecule has 0 radical (unpaired) electrons. The van der Waals surface area contributed by atoms with Gasteiger partial charge in [0.1, 0.15) is 24.8 Å². The number of halogens is 1. The van der Waals surface area contributed by atoms with E-state index in [0.717, 1.165) is 11.1 Å². The predicted molar refractivity (Wildman–Crippen MR) is 132 cm³/mol. The fraction of sp³-hybridized carbons (Fsp3) is 0.440. The molecule has 2 aliphatic rings. The minimum Gasteiger partial charge on any atom is -0.445 e. The minimum absolute atomic E-state index is 0.140. The molecule has 1 saturated heterocycles. The van der Waals surface area contributed by atoms with Crippen molar-refractivity contribution in [2.45, 2.75) is 33.0 Å². The van der Waals surface area contributed by atoms with Crippen LogP contribution >= 0.6 is 0 Å². The van der Waals surface area contributed by atoms with Gasteiger partial charge in [0.25, 0.3) is 0 Å². The van der Waals surface area contributed by atoms with Crippen LogP contribution in [0.1, 0.15) is 36.6 Å². The highest BCUT2D eigenvalue weighted by atomic mass is 19.1. The number of aromatic nitrogens is 2. The van der Waals surface area contributed by atoms with E-state index < -0.39 is 6.09 Å². The molecule has 11 heteroatoms. The van der Waals surface area contributed by atoms with E-state index in [0.29, 0.717) is 56.6 Å². The third kappa shape index (κ3) is 5.73. The summed E-state index contributed by atoms with van der Waals surface area (Å²) in [6, 6.07) is 4.93. The lowest BCUT2D eigenvalue weighted by atomic mass is 10.0. The van der Waals surface area contributed by atoms with Crippen molar-refractivity contribution < 1.29 is 23.5 Å². The Bertz CT molecular complexity index is 1120. The number of rotatable bonds is 8. The van der Waals surface area contributed by atoms with Crippen LogP contribution < -0.4 is 10.2 Å². The number of amides is 2. The number of nitrogens with zero attached hydrogens (tertiary/aromatic N) is 5. The van der Waals surface area contributed by atoms with Crippen molar-refractivity contribution in [2.75, 3.05) is 49.5 Å². The maximum absolute atomic E-state index is 15.0. The highest BCUT2D eigenvalue weighted by Crippen LogP contribution is 2.27. The fourth-order valence-corrected chi connectivity index (χ4v) is 4.17. The number of carbonyl (C=O) groups excluding carboxylic acids is 2. The highest BCUT2D eigenvalue weighted by molar-refractivity contribution is 5.89. The second-order valence-corrected chi connectivity index (χ2v) is 8.69. The van der Waals surface area contributed by atoms with E-state index >= 15 is 0 Å². The minimum atomic E-state index is -0.436. The molecule has 0 spiro atoms. The second-order valence-electron chi connectivity index (χ2n) is 8.69. The monoisotopic (exact) mass is 498 g/mol. The van der Waals surface area contributed by atoms with Crippen molar-refractivity contribution in [3.8, 4) is 0 Å². The van der Waals surface area contributed by atoms with Gasteiger partial charge < -0.3 is 19.7 Å². The van der Waals surface area contributed by atoms with Gasteiger partial charge >= 0.3 is 12.2 Å². The maximum Gasteiger partial charge on any atom is 0.415 e. The summed E-state index contributed by atoms with van der Waals surface area (Å²) in [5, 5.41) is 3.19. The summed E-state index contributed by atoms with van der Waals surface area (Å²) in [6.07, 6.45) is 2.38. The van der Waals surface area contributed by atoms with Gasteiger partial charge in [-0.05, 0) is 25.5 Å². The van der Waals surface area contributed by atoms with Crippen molar-refractivity contribution in [1.82, 2.24) is 19.8 Å². The van der Waals surface area contributed by atoms with Gasteiger partial charge in [0.15, 0.2) is 0 Å². The Labute approximate surface area is 209 Å². The van der Waals surface area contributed by atoms with Gasteiger partial charge in [0, 0.05) is 51.0 Å². The number of hydrogen-bond acceptors (Lipinski definition) is 8. The van der Waals surface area contributed by atoms with E-state index in [4.69, 9.17) is 9.47 Å². The van der Waals surface area contributed by atoms with Gasteiger partial charge in [-0.2, -0.15) is 4.98 Å². The summed E-state index contributed by atoms with van der Waals surface area (Å²) in [7, 11) is 0. The molecule has 0 bridgehead atoms. The van der Waals surface area contributed by atoms with Gasteiger partial charge in [-0.1, -0.05) is 24.8 Å². The lowest BCUT2D eigenvalue weighted by molar-refractivity contribution is 0.0810. The van der Waals surface area contributed by atoms with Crippen molar-refractivity contribution in [2.24, 2.45) is 0 Å². The third-order valence-corrected chi connectivity index (χ3v) is 6.26. The van der Waals surface area contributed by atoms with E-state index in [1.165, 1.54) is 17.0 Å². The maximum atomic E-state index is 15.0. The molecule has 3 heterocycles. The zero-order valence-electron chi connectivity index (χ0n) is 20.6. The molecule has 1 aromatic carbocycles. The largest absolute Gasteiger partial charge is 0.445 e. The van der Waals surface area contributed by atoms with E-state index in [2.05, 4.69) is 26.8 Å². The first-order chi connectivity index (χ1) is 17.4. The zero-order valence-corrected chi connectivity index (χ0v) is 20.6. The molecule has 1 aromatic heterocycles. The Morgan fingerprint density at radius 3 is 2.81 bits per heavy atom. The molecule has 1 atom stereocenters. The number of hydrogen-bond donors (Lipinski definition) is 1. The fourth-order valence-electron chi connectivity index (χ4n) is 4.17. The van der Waals surface area contributed by atoms with E-state index in [1.807, 2.05) is 19.9 Å². The number of carbonyl (C=O) groups is 2. The van der Waals surface area contributed by atoms with E-state index in [1.54, 1.807) is 17.2 Å². The molecular weight excluding hydrogens is 467 g/mol. The quantitative estimate of drug-likeness (QED) is 0.550. The number of fused-ring (bicyclic) bond motifs is 1. The Morgan fingerprint density at radius 2 is 2.11 bits per heavy atom. The summed E-state index contributed by atoms with van der Waals surface area (Å²) in [5.74, 6) is 0.581. The Hall–Kier alpha value is -3.73. The molecule has 2 amide bonds. The third-order valence-electron chi connectivity index (χ3n) is 6.26. The highest BCUT2D eigenvalue weighted by Gasteiger charge is 2.27. The number of anilines is 2. The van der Waals surface area contributed by atoms with Crippen LogP contribution in [0.2, 0.25) is 0 Å². The van der Waals surface area contributed by atoms with Crippen molar-refractivity contribution in [1.29, 1.82) is 0 Å². The molecule has 2 aliphatic heterocycles. The van der Waals surface area contributed by atoms with Crippen LogP contribution in [0.15, 0.2) is 37.1 Å². The zero-order chi connectivity index (χ0) is 25.7. The van der Waals surface area contributed by atoms with Gasteiger partial charge in [-0.25, -0.2) is 19.0 Å². The first-order valence-corrected chi connectivity index (χ1v) is 12.0. The first kappa shape index (κ1) is 25.4. The lowest BCUT2D eigenvalue weighted by Gasteiger charge is -2.34. The molecule has 1 N–H and O–H groups in total. The van der Waals surface area contributed by atoms with Gasteiger partial charge in [-0.15, -0.1) is 0 Å². The van der Waals surface area contributed by atoms with Crippen LogP contribution in [0.4, 0.5) is 25.7 Å². The molecule has 36 heavy (non-hydrogen) atoms. The number of ether oxygens (including phenoxy) is 2. The molecule has 0 aliphatic carbocycles. The van der Waals surface area contributed by atoms with Crippen LogP contribution in [0.3, 0.4) is 0 Å². The first-order valence-electron chi connectivity index (χ1n) is 12.0. The summed E-state index contributed by atoms with van der Waals surface area (Å²) < 4.78 is 25.2. The Morgan fingerprint density at radius 1 is 1.33 bits per heavy atom. The SMILES string of the molecule is C=CCOC(=O)N1CCN(Cc2ccc([C@H](C)Nc3ncc4c(n3)N(CC)C(=O)OC4)cc2F)CC1. The smallest absolute Gasteiger partial charge is 0.415 e. The molecule has 0 saturated carbocycles. The topological polar surface area (TPSA) is 100 Å². The summed E-state index contributed by atoms with van der Waals surface area (Å²) in [6.45, 7) is 10.8. The normalized spacial score (nSPS) is 16.7. The Balaban J connectivity index is 1.35. The molecule has 10 nitrogen and oxygen atoms in total. The Kier molecular flexibility index (Phi) is 7.99. The van der Waals surface area contributed by atoms with Crippen molar-refractivity contribution in [3.05, 3.63) is 59.6 Å². The summed E-state index contributed by atoms with van der Waals surface area (Å²) >= 11 is 0. The van der Waals surface area contributed by atoms with Crippen LogP contribution in [-0.4, -0.2) is 71.3 Å². The van der Waals surface area contributed by atoms with Gasteiger partial charge in [-0.3, -0.25) is 9.80 Å². The molecule has 1 fully saturated rings. The molecule has 192 valence electrons. The van der Waals surface area contributed by atoms with Crippen LogP contribution in [0, 0.1) is 5.82 Å². The number of benzene rings is 1. The predicted octanol–water partition coefficient (Wildman–Crippen LogP) is 3.71. The van der Waals surface area contributed by atoms with Crippen LogP contribution in [0.25, 0.3) is 0 Å². The molecule has 4 rings (SSSR count). The molecule has 0 unspecified atom stereocenters. The van der Waals surface area contributed by atoms with Crippen molar-refractivity contribution >= 4 is 24.0 Å². The van der Waals surface area contributed by atoms with Gasteiger partial charge in [0.05, 0.1) is 11.6 Å². The average Bonchev–Trinajstić information content (AvgIpc) is 2.88. The standard InChI is InChI=1S/C25H31FN6O4/c1-4-12-35-24(33)31-10-8-30(9-11-31)15-19-7-6-18(13-21(19)26)17(3)28-23-27-14-20-16-36-25(34)32(5-2)22(20)29-23/h4,6-7,13-14,17H,1,5,8-12,15-16H2,2-3H3,(H,27,28,29)/t17-/m0/s1.